The van der Waals surface area contributed by atoms with E-state index in [9.17, 15) is 9.59 Å². The van der Waals surface area contributed by atoms with Crippen molar-refractivity contribution in [2.75, 3.05) is 7.11 Å². The lowest BCUT2D eigenvalue weighted by atomic mass is 10.1. The Labute approximate surface area is 137 Å². The van der Waals surface area contributed by atoms with E-state index in [1.807, 2.05) is 47.2 Å². The number of carbonyl (C=O) groups is 2. The lowest BCUT2D eigenvalue weighted by Gasteiger charge is -2.16. The van der Waals surface area contributed by atoms with Gasteiger partial charge in [-0.2, -0.15) is 0 Å². The number of ether oxygens (including phenoxy) is 1. The number of rotatable bonds is 3. The van der Waals surface area contributed by atoms with Gasteiger partial charge in [0.1, 0.15) is 11.3 Å². The molecule has 1 aromatic heterocycles. The Morgan fingerprint density at radius 1 is 1.09 bits per heavy atom. The first-order chi connectivity index (χ1) is 11.1. The van der Waals surface area contributed by atoms with E-state index < -0.39 is 11.8 Å². The van der Waals surface area contributed by atoms with E-state index in [1.54, 1.807) is 7.11 Å². The zero-order chi connectivity index (χ0) is 16.4. The summed E-state index contributed by atoms with van der Waals surface area (Å²) >= 11 is 4.78. The second-order valence-corrected chi connectivity index (χ2v) is 5.20. The predicted molar refractivity (Wildman–Crippen MR) is 89.2 cm³/mol. The molecule has 2 aromatic rings. The molecule has 2 N–H and O–H groups in total. The maximum Gasteiger partial charge on any atom is 0.263 e. The number of thiocarbonyl (C=S) groups is 1. The van der Waals surface area contributed by atoms with Crippen LogP contribution >= 0.6 is 12.2 Å². The lowest BCUT2D eigenvalue weighted by Crippen LogP contribution is -2.51. The number of hydrogen-bond donors (Lipinski definition) is 2. The number of nitrogens with one attached hydrogen (secondary N) is 2. The van der Waals surface area contributed by atoms with Gasteiger partial charge in [0, 0.05) is 17.6 Å². The Morgan fingerprint density at radius 3 is 2.35 bits per heavy atom. The molecule has 116 valence electrons. The van der Waals surface area contributed by atoms with E-state index in [1.165, 1.54) is 6.08 Å². The van der Waals surface area contributed by atoms with Gasteiger partial charge in [0.2, 0.25) is 0 Å². The Bertz CT molecular complexity index is 799. The predicted octanol–water partition coefficient (Wildman–Crippen LogP) is 1.40. The Kier molecular flexibility index (Phi) is 3.94. The summed E-state index contributed by atoms with van der Waals surface area (Å²) in [6.45, 7) is 0. The van der Waals surface area contributed by atoms with Crippen molar-refractivity contribution < 1.29 is 14.3 Å². The fraction of sp³-hybridized carbons (Fsp3) is 0.0625. The van der Waals surface area contributed by atoms with Crippen LogP contribution in [0.4, 0.5) is 0 Å². The molecule has 1 aliphatic rings. The number of benzene rings is 1. The molecule has 2 amide bonds. The summed E-state index contributed by atoms with van der Waals surface area (Å²) in [6, 6.07) is 11.1. The third-order valence-electron chi connectivity index (χ3n) is 3.37. The normalized spacial score (nSPS) is 14.3. The SMILES string of the molecule is COc1ccc(-n2cccc2C=C2C(=O)NC(=S)NC2=O)cc1. The standard InChI is InChI=1S/C16H13N3O3S/c1-22-12-6-4-10(5-7-12)19-8-2-3-11(19)9-13-14(20)17-16(23)18-15(13)21/h2-9H,1H3,(H2,17,18,20,21,23). The van der Waals surface area contributed by atoms with E-state index in [2.05, 4.69) is 10.6 Å². The van der Waals surface area contributed by atoms with Crippen molar-refractivity contribution in [1.29, 1.82) is 0 Å². The first-order valence-corrected chi connectivity index (χ1v) is 7.19. The molecule has 0 saturated carbocycles. The molecule has 1 aromatic carbocycles. The van der Waals surface area contributed by atoms with E-state index in [-0.39, 0.29) is 10.7 Å². The average Bonchev–Trinajstić information content (AvgIpc) is 2.99. The maximum atomic E-state index is 11.9. The monoisotopic (exact) mass is 327 g/mol. The van der Waals surface area contributed by atoms with Crippen molar-refractivity contribution in [3.8, 4) is 11.4 Å². The summed E-state index contributed by atoms with van der Waals surface area (Å²) < 4.78 is 7.00. The summed E-state index contributed by atoms with van der Waals surface area (Å²) in [4.78, 5) is 23.8. The van der Waals surface area contributed by atoms with Crippen molar-refractivity contribution in [1.82, 2.24) is 15.2 Å². The molecule has 1 aliphatic heterocycles. The van der Waals surface area contributed by atoms with Gasteiger partial charge in [-0.1, -0.05) is 0 Å². The van der Waals surface area contributed by atoms with Crippen molar-refractivity contribution in [2.45, 2.75) is 0 Å². The molecule has 6 nitrogen and oxygen atoms in total. The summed E-state index contributed by atoms with van der Waals surface area (Å²) in [7, 11) is 1.60. The van der Waals surface area contributed by atoms with Gasteiger partial charge in [0.25, 0.3) is 11.8 Å². The zero-order valence-electron chi connectivity index (χ0n) is 12.2. The van der Waals surface area contributed by atoms with Gasteiger partial charge in [-0.3, -0.25) is 20.2 Å². The fourth-order valence-corrected chi connectivity index (χ4v) is 2.43. The second-order valence-electron chi connectivity index (χ2n) is 4.80. The Hall–Kier alpha value is -2.93. The van der Waals surface area contributed by atoms with Crippen LogP contribution in [0.5, 0.6) is 5.75 Å². The topological polar surface area (TPSA) is 72.4 Å². The van der Waals surface area contributed by atoms with Crippen LogP contribution < -0.4 is 15.4 Å². The van der Waals surface area contributed by atoms with Gasteiger partial charge in [0.05, 0.1) is 7.11 Å². The number of methoxy groups -OCH3 is 1. The van der Waals surface area contributed by atoms with Crippen molar-refractivity contribution in [3.63, 3.8) is 0 Å². The first-order valence-electron chi connectivity index (χ1n) is 6.78. The highest BCUT2D eigenvalue weighted by Crippen LogP contribution is 2.19. The van der Waals surface area contributed by atoms with Crippen LogP contribution in [0.1, 0.15) is 5.69 Å². The minimum atomic E-state index is -0.513. The van der Waals surface area contributed by atoms with E-state index in [4.69, 9.17) is 17.0 Å². The van der Waals surface area contributed by atoms with E-state index in [0.717, 1.165) is 11.4 Å². The molecule has 1 fully saturated rings. The molecule has 7 heteroatoms. The van der Waals surface area contributed by atoms with Crippen molar-refractivity contribution in [2.24, 2.45) is 0 Å². The van der Waals surface area contributed by atoms with Gasteiger partial charge in [-0.05, 0) is 54.7 Å². The van der Waals surface area contributed by atoms with Crippen LogP contribution in [0.2, 0.25) is 0 Å². The van der Waals surface area contributed by atoms with E-state index >= 15 is 0 Å². The van der Waals surface area contributed by atoms with Crippen LogP contribution in [-0.4, -0.2) is 28.6 Å². The van der Waals surface area contributed by atoms with Gasteiger partial charge >= 0.3 is 0 Å². The molecule has 0 bridgehead atoms. The molecule has 0 spiro atoms. The molecule has 1 saturated heterocycles. The molecule has 23 heavy (non-hydrogen) atoms. The highest BCUT2D eigenvalue weighted by molar-refractivity contribution is 7.80. The average molecular weight is 327 g/mol. The third kappa shape index (κ3) is 3.00. The van der Waals surface area contributed by atoms with Crippen LogP contribution in [0.3, 0.4) is 0 Å². The number of nitrogens with zero attached hydrogens (tertiary/aromatic N) is 1. The van der Waals surface area contributed by atoms with Crippen molar-refractivity contribution >= 4 is 35.2 Å². The quantitative estimate of drug-likeness (QED) is 0.508. The molecule has 0 unspecified atom stereocenters. The third-order valence-corrected chi connectivity index (χ3v) is 3.57. The first kappa shape index (κ1) is 15.0. The molecule has 3 rings (SSSR count). The summed E-state index contributed by atoms with van der Waals surface area (Å²) in [5.41, 5.74) is 1.59. The fourth-order valence-electron chi connectivity index (χ4n) is 2.24. The van der Waals surface area contributed by atoms with Crippen molar-refractivity contribution in [3.05, 3.63) is 53.9 Å². The number of carbonyl (C=O) groups excluding carboxylic acids is 2. The minimum absolute atomic E-state index is 0.00654. The van der Waals surface area contributed by atoms with Gasteiger partial charge in [-0.15, -0.1) is 0 Å². The molecule has 0 atom stereocenters. The summed E-state index contributed by atoms with van der Waals surface area (Å²) in [5.74, 6) is -0.275. The van der Waals surface area contributed by atoms with Gasteiger partial charge in [-0.25, -0.2) is 0 Å². The Morgan fingerprint density at radius 2 is 1.74 bits per heavy atom. The summed E-state index contributed by atoms with van der Waals surface area (Å²) in [5, 5.41) is 4.84. The van der Waals surface area contributed by atoms with E-state index in [0.29, 0.717) is 5.69 Å². The second kappa shape index (κ2) is 6.05. The maximum absolute atomic E-state index is 11.9. The number of aromatic nitrogens is 1. The van der Waals surface area contributed by atoms with Crippen LogP contribution in [0.25, 0.3) is 11.8 Å². The highest BCUT2D eigenvalue weighted by atomic mass is 32.1. The minimum Gasteiger partial charge on any atom is -0.497 e. The summed E-state index contributed by atoms with van der Waals surface area (Å²) in [6.07, 6.45) is 3.37. The van der Waals surface area contributed by atoms with Gasteiger partial charge < -0.3 is 9.30 Å². The molecule has 0 radical (unpaired) electrons. The Balaban J connectivity index is 1.97. The molecule has 2 heterocycles. The largest absolute Gasteiger partial charge is 0.497 e. The smallest absolute Gasteiger partial charge is 0.263 e. The molecular formula is C16H13N3O3S. The zero-order valence-corrected chi connectivity index (χ0v) is 13.0. The van der Waals surface area contributed by atoms with Crippen LogP contribution in [0.15, 0.2) is 48.2 Å². The van der Waals surface area contributed by atoms with Crippen LogP contribution in [0, 0.1) is 0 Å². The number of amides is 2. The number of hydrogen-bond acceptors (Lipinski definition) is 4. The lowest BCUT2D eigenvalue weighted by molar-refractivity contribution is -0.123. The van der Waals surface area contributed by atoms with Crippen LogP contribution in [-0.2, 0) is 9.59 Å². The molecule has 0 aliphatic carbocycles. The van der Waals surface area contributed by atoms with Gasteiger partial charge in [0.15, 0.2) is 5.11 Å². The highest BCUT2D eigenvalue weighted by Gasteiger charge is 2.26. The molecular weight excluding hydrogens is 314 g/mol.